The van der Waals surface area contributed by atoms with Crippen molar-refractivity contribution in [2.45, 2.75) is 96.1 Å². The number of carbonyl (C=O) groups is 1. The minimum Gasteiger partial charge on any atom is -0.394 e. The first-order valence-electron chi connectivity index (χ1n) is 12.6. The molecule has 0 radical (unpaired) electrons. The Labute approximate surface area is 204 Å². The number of allylic oxidation sites excluding steroid dienone is 4. The Balaban J connectivity index is 2.13. The van der Waals surface area contributed by atoms with Crippen molar-refractivity contribution in [3.8, 4) is 0 Å². The Morgan fingerprint density at radius 3 is 2.15 bits per heavy atom. The molecule has 0 unspecified atom stereocenters. The van der Waals surface area contributed by atoms with Crippen LogP contribution in [0, 0.1) is 10.1 Å². The maximum absolute atomic E-state index is 12.2. The number of unbranched alkanes of at least 4 members (excludes halogenated alkanes) is 8. The number of nitro groups is 1. The second kappa shape index (κ2) is 18.9. The van der Waals surface area contributed by atoms with Crippen LogP contribution in [0.1, 0.15) is 95.6 Å². The van der Waals surface area contributed by atoms with Crippen molar-refractivity contribution in [2.24, 2.45) is 0 Å². The summed E-state index contributed by atoms with van der Waals surface area (Å²) in [4.78, 5) is 22.4. The van der Waals surface area contributed by atoms with Gasteiger partial charge in [-0.05, 0) is 56.2 Å². The van der Waals surface area contributed by atoms with E-state index in [0.29, 0.717) is 12.0 Å². The zero-order valence-electron chi connectivity index (χ0n) is 20.5. The van der Waals surface area contributed by atoms with Crippen LogP contribution >= 0.6 is 0 Å². The molecule has 0 aliphatic rings. The number of carbonyl (C=O) groups excluding carboxylic acids is 1. The van der Waals surface area contributed by atoms with Gasteiger partial charge in [-0.25, -0.2) is 0 Å². The molecule has 7 heteroatoms. The third kappa shape index (κ3) is 13.3. The van der Waals surface area contributed by atoms with E-state index in [1.165, 1.54) is 49.9 Å². The van der Waals surface area contributed by atoms with Crippen molar-refractivity contribution in [3.63, 3.8) is 0 Å². The summed E-state index contributed by atoms with van der Waals surface area (Å²) in [6, 6.07) is 4.58. The molecule has 7 nitrogen and oxygen atoms in total. The lowest BCUT2D eigenvalue weighted by Crippen LogP contribution is -2.41. The van der Waals surface area contributed by atoms with Gasteiger partial charge in [0.25, 0.3) is 5.69 Å². The lowest BCUT2D eigenvalue weighted by Gasteiger charge is -2.22. The highest BCUT2D eigenvalue weighted by Crippen LogP contribution is 2.20. The van der Waals surface area contributed by atoms with Crippen molar-refractivity contribution in [3.05, 3.63) is 64.2 Å². The highest BCUT2D eigenvalue weighted by atomic mass is 16.6. The lowest BCUT2D eigenvalue weighted by atomic mass is 10.0. The first-order chi connectivity index (χ1) is 16.5. The quantitative estimate of drug-likeness (QED) is 0.0997. The van der Waals surface area contributed by atoms with Gasteiger partial charge in [-0.15, -0.1) is 0 Å². The zero-order chi connectivity index (χ0) is 25.0. The molecule has 1 aromatic carbocycles. The monoisotopic (exact) mass is 474 g/mol. The Hall–Kier alpha value is -2.51. The Kier molecular flexibility index (Phi) is 16.4. The molecular formula is C27H42N2O5. The summed E-state index contributed by atoms with van der Waals surface area (Å²) in [6.07, 6.45) is 20.4. The number of aliphatic hydroxyl groups is 2. The third-order valence-corrected chi connectivity index (χ3v) is 5.72. The van der Waals surface area contributed by atoms with Crippen LogP contribution in [0.2, 0.25) is 0 Å². The summed E-state index contributed by atoms with van der Waals surface area (Å²) in [6.45, 7) is 1.80. The van der Waals surface area contributed by atoms with Gasteiger partial charge in [0.2, 0.25) is 5.91 Å². The van der Waals surface area contributed by atoms with E-state index in [2.05, 4.69) is 36.5 Å². The molecule has 0 spiro atoms. The van der Waals surface area contributed by atoms with E-state index in [9.17, 15) is 25.1 Å². The molecule has 0 heterocycles. The van der Waals surface area contributed by atoms with E-state index in [4.69, 9.17) is 0 Å². The molecule has 0 aliphatic carbocycles. The van der Waals surface area contributed by atoms with Gasteiger partial charge in [0.1, 0.15) is 6.10 Å². The number of amides is 1. The predicted molar refractivity (Wildman–Crippen MR) is 136 cm³/mol. The molecule has 1 amide bonds. The van der Waals surface area contributed by atoms with E-state index in [0.717, 1.165) is 44.9 Å². The van der Waals surface area contributed by atoms with Gasteiger partial charge in [0, 0.05) is 18.6 Å². The predicted octanol–water partition coefficient (Wildman–Crippen LogP) is 5.92. The van der Waals surface area contributed by atoms with E-state index < -0.39 is 23.7 Å². The van der Waals surface area contributed by atoms with Gasteiger partial charge < -0.3 is 15.5 Å². The molecule has 0 saturated carbocycles. The number of rotatable bonds is 19. The van der Waals surface area contributed by atoms with Gasteiger partial charge >= 0.3 is 0 Å². The van der Waals surface area contributed by atoms with Crippen LogP contribution in [0.4, 0.5) is 5.69 Å². The molecule has 0 aromatic heterocycles. The number of aliphatic hydroxyl groups excluding tert-OH is 2. The highest BCUT2D eigenvalue weighted by Gasteiger charge is 2.22. The van der Waals surface area contributed by atoms with Crippen molar-refractivity contribution in [1.82, 2.24) is 5.32 Å². The topological polar surface area (TPSA) is 113 Å². The van der Waals surface area contributed by atoms with Gasteiger partial charge in [-0.2, -0.15) is 0 Å². The molecule has 0 bridgehead atoms. The molecule has 2 atom stereocenters. The minimum atomic E-state index is -1.14. The summed E-state index contributed by atoms with van der Waals surface area (Å²) in [5.41, 5.74) is 0.323. The Morgan fingerprint density at radius 1 is 0.971 bits per heavy atom. The van der Waals surface area contributed by atoms with Gasteiger partial charge in [-0.1, -0.05) is 63.3 Å². The van der Waals surface area contributed by atoms with Crippen LogP contribution < -0.4 is 5.32 Å². The van der Waals surface area contributed by atoms with Crippen molar-refractivity contribution < 1.29 is 19.9 Å². The molecule has 3 N–H and O–H groups in total. The number of nitro benzene ring substituents is 1. The van der Waals surface area contributed by atoms with E-state index in [-0.39, 0.29) is 11.6 Å². The maximum atomic E-state index is 12.2. The molecule has 0 aliphatic heterocycles. The van der Waals surface area contributed by atoms with Crippen LogP contribution in [0.5, 0.6) is 0 Å². The van der Waals surface area contributed by atoms with E-state index in [1.807, 2.05) is 0 Å². The fourth-order valence-electron chi connectivity index (χ4n) is 3.63. The van der Waals surface area contributed by atoms with Crippen LogP contribution in [0.25, 0.3) is 0 Å². The second-order valence-electron chi connectivity index (χ2n) is 8.63. The van der Waals surface area contributed by atoms with Gasteiger partial charge in [0.05, 0.1) is 17.6 Å². The molecular weight excluding hydrogens is 432 g/mol. The summed E-state index contributed by atoms with van der Waals surface area (Å²) in [7, 11) is 0. The summed E-state index contributed by atoms with van der Waals surface area (Å²) in [5.74, 6) is -0.217. The van der Waals surface area contributed by atoms with Crippen LogP contribution in [0.3, 0.4) is 0 Å². The first kappa shape index (κ1) is 29.5. The van der Waals surface area contributed by atoms with Crippen molar-refractivity contribution >= 4 is 11.6 Å². The summed E-state index contributed by atoms with van der Waals surface area (Å²) in [5, 5.41) is 33.4. The normalized spacial score (nSPS) is 13.4. The lowest BCUT2D eigenvalue weighted by molar-refractivity contribution is -0.384. The molecule has 1 aromatic rings. The van der Waals surface area contributed by atoms with Gasteiger partial charge in [0.15, 0.2) is 0 Å². The largest absolute Gasteiger partial charge is 0.394 e. The van der Waals surface area contributed by atoms with Crippen LogP contribution in [-0.2, 0) is 4.79 Å². The average molecular weight is 475 g/mol. The first-order valence-corrected chi connectivity index (χ1v) is 12.6. The number of hydrogen-bond acceptors (Lipinski definition) is 5. The second-order valence-corrected chi connectivity index (χ2v) is 8.63. The fourth-order valence-corrected chi connectivity index (χ4v) is 3.63. The fraction of sp³-hybridized carbons (Fsp3) is 0.593. The summed E-state index contributed by atoms with van der Waals surface area (Å²) >= 11 is 0. The summed E-state index contributed by atoms with van der Waals surface area (Å²) < 4.78 is 0. The Bertz CT molecular complexity index is 746. The minimum absolute atomic E-state index is 0.0816. The molecule has 190 valence electrons. The van der Waals surface area contributed by atoms with Crippen molar-refractivity contribution in [1.29, 1.82) is 0 Å². The highest BCUT2D eigenvalue weighted by molar-refractivity contribution is 5.76. The van der Waals surface area contributed by atoms with Crippen LogP contribution in [0.15, 0.2) is 48.6 Å². The zero-order valence-corrected chi connectivity index (χ0v) is 20.5. The van der Waals surface area contributed by atoms with Crippen molar-refractivity contribution in [2.75, 3.05) is 6.61 Å². The molecule has 0 fully saturated rings. The number of benzene rings is 1. The molecule has 0 saturated heterocycles. The van der Waals surface area contributed by atoms with Gasteiger partial charge in [-0.3, -0.25) is 14.9 Å². The van der Waals surface area contributed by atoms with E-state index >= 15 is 0 Å². The molecule has 34 heavy (non-hydrogen) atoms. The molecule has 1 rings (SSSR count). The van der Waals surface area contributed by atoms with Crippen LogP contribution in [-0.4, -0.2) is 33.7 Å². The SMILES string of the molecule is CCCCCC=CCC=CCCCCCCCC(=O)N[C@H](CO)[C@@H](O)c1ccc([N+](=O)[O-])cc1. The standard InChI is InChI=1S/C27H42N2O5/c1-2-3-4-5-6-7-8-9-10-11-12-13-14-15-16-17-26(31)28-25(22-30)27(32)23-18-20-24(21-19-23)29(33)34/h6-7,9-10,18-21,25,27,30,32H,2-5,8,11-17,22H2,1H3,(H,28,31)/t25-,27+/m1/s1. The smallest absolute Gasteiger partial charge is 0.269 e. The number of hydrogen-bond donors (Lipinski definition) is 3. The Morgan fingerprint density at radius 2 is 1.56 bits per heavy atom. The third-order valence-electron chi connectivity index (χ3n) is 5.72. The number of nitrogens with zero attached hydrogens (tertiary/aromatic N) is 1. The maximum Gasteiger partial charge on any atom is 0.269 e. The van der Waals surface area contributed by atoms with E-state index in [1.54, 1.807) is 0 Å². The average Bonchev–Trinajstić information content (AvgIpc) is 2.84. The number of nitrogens with one attached hydrogen (secondary N) is 1. The number of non-ortho nitro benzene ring substituents is 1.